The summed E-state index contributed by atoms with van der Waals surface area (Å²) in [5.74, 6) is -1.08. The molecule has 0 aromatic heterocycles. The molecule has 0 saturated carbocycles. The van der Waals surface area contributed by atoms with Gasteiger partial charge in [0.2, 0.25) is 0 Å². The highest BCUT2D eigenvalue weighted by Crippen LogP contribution is 2.38. The minimum absolute atomic E-state index is 0.0371. The number of carbonyl (C=O) groups is 2. The lowest BCUT2D eigenvalue weighted by Crippen LogP contribution is -2.37. The van der Waals surface area contributed by atoms with Crippen molar-refractivity contribution in [3.05, 3.63) is 60.8 Å². The van der Waals surface area contributed by atoms with Crippen molar-refractivity contribution >= 4 is 19.8 Å². The van der Waals surface area contributed by atoms with E-state index in [9.17, 15) is 29.3 Å². The minimum Gasteiger partial charge on any atom is -0.756 e. The molecule has 0 aromatic carbocycles. The van der Waals surface area contributed by atoms with Gasteiger partial charge in [-0.2, -0.15) is 0 Å². The zero-order valence-corrected chi connectivity index (χ0v) is 40.7. The molecule has 0 bridgehead atoms. The molecule has 0 saturated heterocycles. The number of hydrogen-bond donors (Lipinski definition) is 2. The van der Waals surface area contributed by atoms with E-state index in [1.54, 1.807) is 36.5 Å². The first kappa shape index (κ1) is 59.6. The van der Waals surface area contributed by atoms with Gasteiger partial charge in [0.05, 0.1) is 40.0 Å². The van der Waals surface area contributed by atoms with Crippen LogP contribution in [0.3, 0.4) is 0 Å². The van der Waals surface area contributed by atoms with E-state index in [1.165, 1.54) is 103 Å². The summed E-state index contributed by atoms with van der Waals surface area (Å²) < 4.78 is 33.8. The third-order valence-corrected chi connectivity index (χ3v) is 11.2. The summed E-state index contributed by atoms with van der Waals surface area (Å²) in [5.41, 5.74) is 0. The number of carbonyl (C=O) groups excluding carboxylic acids is 2. The van der Waals surface area contributed by atoms with Gasteiger partial charge in [0, 0.05) is 12.8 Å². The molecule has 62 heavy (non-hydrogen) atoms. The normalized spacial score (nSPS) is 15.0. The monoisotopic (exact) mass is 896 g/mol. The Morgan fingerprint density at radius 1 is 0.597 bits per heavy atom. The fourth-order valence-corrected chi connectivity index (χ4v) is 7.04. The van der Waals surface area contributed by atoms with E-state index in [0.29, 0.717) is 36.7 Å². The van der Waals surface area contributed by atoms with Gasteiger partial charge in [0.15, 0.2) is 6.10 Å². The van der Waals surface area contributed by atoms with Crippen LogP contribution >= 0.6 is 7.82 Å². The van der Waals surface area contributed by atoms with Gasteiger partial charge < -0.3 is 38.1 Å². The van der Waals surface area contributed by atoms with Crippen molar-refractivity contribution in [1.29, 1.82) is 0 Å². The summed E-state index contributed by atoms with van der Waals surface area (Å²) in [5, 5.41) is 20.4. The SMILES string of the molecule is CCCCC/C=C\C[C@H](O)/C=C/C=C/C=C\[C@H](O)CCCC(=O)O[C@H](COC(=O)CCCCCCCCCCC/C=C\CCCCCCCC)COP(=O)([O-])OCC[N+](C)(C)C. The Balaban J connectivity index is 4.54. The zero-order valence-electron chi connectivity index (χ0n) is 39.8. The molecule has 0 aliphatic heterocycles. The summed E-state index contributed by atoms with van der Waals surface area (Å²) in [4.78, 5) is 37.7. The van der Waals surface area contributed by atoms with E-state index in [-0.39, 0.29) is 26.1 Å². The van der Waals surface area contributed by atoms with Gasteiger partial charge in [-0.25, -0.2) is 0 Å². The predicted octanol–water partition coefficient (Wildman–Crippen LogP) is 11.3. The van der Waals surface area contributed by atoms with Crippen molar-refractivity contribution in [2.75, 3.05) is 47.5 Å². The molecule has 0 aliphatic carbocycles. The number of phosphoric acid groups is 1. The molecule has 360 valence electrons. The van der Waals surface area contributed by atoms with E-state index in [4.69, 9.17) is 18.5 Å². The Labute approximate surface area is 378 Å². The van der Waals surface area contributed by atoms with Crippen molar-refractivity contribution in [3.8, 4) is 0 Å². The number of ether oxygens (including phenoxy) is 2. The number of nitrogens with zero attached hydrogens (tertiary/aromatic N) is 1. The molecule has 0 radical (unpaired) electrons. The van der Waals surface area contributed by atoms with E-state index in [1.807, 2.05) is 27.2 Å². The minimum atomic E-state index is -4.70. The summed E-state index contributed by atoms with van der Waals surface area (Å²) in [7, 11) is 1.00. The number of rotatable bonds is 43. The fraction of sp³-hybridized carbons (Fsp3) is 0.760. The van der Waals surface area contributed by atoms with Crippen molar-refractivity contribution < 1.29 is 52.3 Å². The number of allylic oxidation sites excluding steroid dienone is 7. The molecule has 0 spiro atoms. The van der Waals surface area contributed by atoms with Crippen LogP contribution in [0.4, 0.5) is 0 Å². The van der Waals surface area contributed by atoms with Crippen LogP contribution < -0.4 is 4.89 Å². The van der Waals surface area contributed by atoms with Crippen molar-refractivity contribution in [2.45, 2.75) is 199 Å². The van der Waals surface area contributed by atoms with Gasteiger partial charge in [-0.1, -0.05) is 164 Å². The van der Waals surface area contributed by atoms with Crippen LogP contribution in [-0.2, 0) is 32.7 Å². The largest absolute Gasteiger partial charge is 0.756 e. The van der Waals surface area contributed by atoms with Gasteiger partial charge in [0.25, 0.3) is 7.82 Å². The maximum atomic E-state index is 12.7. The molecule has 4 atom stereocenters. The van der Waals surface area contributed by atoms with Gasteiger partial charge in [-0.05, 0) is 64.2 Å². The maximum Gasteiger partial charge on any atom is 0.306 e. The van der Waals surface area contributed by atoms with Gasteiger partial charge >= 0.3 is 11.9 Å². The first-order valence-corrected chi connectivity index (χ1v) is 25.7. The van der Waals surface area contributed by atoms with Crippen LogP contribution in [-0.4, -0.2) is 92.5 Å². The number of quaternary nitrogens is 1. The molecule has 1 unspecified atom stereocenters. The lowest BCUT2D eigenvalue weighted by Gasteiger charge is -2.28. The van der Waals surface area contributed by atoms with Crippen molar-refractivity contribution in [3.63, 3.8) is 0 Å². The third kappa shape index (κ3) is 44.2. The zero-order chi connectivity index (χ0) is 46.0. The Bertz CT molecular complexity index is 1270. The highest BCUT2D eigenvalue weighted by atomic mass is 31.2. The second kappa shape index (κ2) is 41.3. The van der Waals surface area contributed by atoms with Crippen molar-refractivity contribution in [2.24, 2.45) is 0 Å². The molecular weight excluding hydrogens is 806 g/mol. The number of esters is 2. The lowest BCUT2D eigenvalue weighted by molar-refractivity contribution is -0.870. The highest BCUT2D eigenvalue weighted by Gasteiger charge is 2.22. The molecule has 2 N–H and O–H groups in total. The average molecular weight is 896 g/mol. The molecule has 0 fully saturated rings. The van der Waals surface area contributed by atoms with Crippen LogP contribution in [0.15, 0.2) is 60.8 Å². The number of hydrogen-bond acceptors (Lipinski definition) is 10. The van der Waals surface area contributed by atoms with Gasteiger partial charge in [-0.15, -0.1) is 0 Å². The fourth-order valence-electron chi connectivity index (χ4n) is 6.31. The van der Waals surface area contributed by atoms with Crippen LogP contribution in [0, 0.1) is 0 Å². The van der Waals surface area contributed by atoms with Gasteiger partial charge in [0.1, 0.15) is 19.8 Å². The number of likely N-dealkylation sites (N-methyl/N-ethyl adjacent to an activating group) is 1. The van der Waals surface area contributed by atoms with E-state index >= 15 is 0 Å². The number of aliphatic hydroxyl groups is 2. The molecule has 0 aliphatic rings. The summed E-state index contributed by atoms with van der Waals surface area (Å²) in [6, 6.07) is 0. The predicted molar refractivity (Wildman–Crippen MR) is 252 cm³/mol. The Hall–Kier alpha value is -2.37. The van der Waals surface area contributed by atoms with E-state index in [0.717, 1.165) is 25.7 Å². The Morgan fingerprint density at radius 2 is 1.08 bits per heavy atom. The molecule has 12 heteroatoms. The molecule has 11 nitrogen and oxygen atoms in total. The maximum absolute atomic E-state index is 12.7. The highest BCUT2D eigenvalue weighted by molar-refractivity contribution is 7.45. The van der Waals surface area contributed by atoms with E-state index in [2.05, 4.69) is 32.1 Å². The smallest absolute Gasteiger partial charge is 0.306 e. The average Bonchev–Trinajstić information content (AvgIpc) is 3.21. The summed E-state index contributed by atoms with van der Waals surface area (Å²) in [6.07, 6.45) is 43.0. The lowest BCUT2D eigenvalue weighted by atomic mass is 10.1. The van der Waals surface area contributed by atoms with Gasteiger partial charge in [-0.3, -0.25) is 14.2 Å². The van der Waals surface area contributed by atoms with E-state index < -0.39 is 44.7 Å². The second-order valence-corrected chi connectivity index (χ2v) is 18.9. The van der Waals surface area contributed by atoms with Crippen LogP contribution in [0.1, 0.15) is 181 Å². The Kier molecular flexibility index (Phi) is 39.8. The molecule has 0 amide bonds. The molecule has 0 heterocycles. The molecule has 0 aromatic rings. The topological polar surface area (TPSA) is 152 Å². The summed E-state index contributed by atoms with van der Waals surface area (Å²) in [6.45, 7) is 3.87. The van der Waals surface area contributed by atoms with Crippen LogP contribution in [0.25, 0.3) is 0 Å². The third-order valence-electron chi connectivity index (χ3n) is 10.2. The molecular formula is C50H90NO10P. The molecule has 0 rings (SSSR count). The standard InChI is InChI=1S/C50H90NO10P/c1-6-8-10-12-14-15-16-17-18-19-20-21-22-23-24-25-26-28-34-40-49(54)58-44-48(45-60-62(56,57)59-43-42-51(3,4)5)61-50(55)41-35-39-47(53)38-33-30-29-32-37-46(52)36-31-27-13-11-9-7-2/h17-18,27,29-33,37-38,46-48,52-53H,6-16,19-26,28,34-36,39-45H2,1-5H3/b18-17-,30-29+,31-27-,37-32+,38-33-/t46-,47-,48+/m0/s1. The number of phosphoric ester groups is 1. The first-order chi connectivity index (χ1) is 29.8. The Morgan fingerprint density at radius 3 is 1.66 bits per heavy atom. The van der Waals surface area contributed by atoms with Crippen molar-refractivity contribution in [1.82, 2.24) is 0 Å². The quantitative estimate of drug-likeness (QED) is 0.0151. The van der Waals surface area contributed by atoms with Crippen LogP contribution in [0.5, 0.6) is 0 Å². The number of aliphatic hydroxyl groups excluding tert-OH is 2. The van der Waals surface area contributed by atoms with Crippen LogP contribution in [0.2, 0.25) is 0 Å². The second-order valence-electron chi connectivity index (χ2n) is 17.5. The number of unbranched alkanes of at least 4 members (excludes halogenated alkanes) is 18. The first-order valence-electron chi connectivity index (χ1n) is 24.2. The summed E-state index contributed by atoms with van der Waals surface area (Å²) >= 11 is 0.